The van der Waals surface area contributed by atoms with Crippen molar-refractivity contribution in [2.45, 2.75) is 13.5 Å². The van der Waals surface area contributed by atoms with Crippen molar-refractivity contribution in [1.29, 1.82) is 0 Å². The standard InChI is InChI=1S/C18H17NO3/c1-2-3-12-10-19(13-4-6-14(20)7-5-13)11-17-16(12)8-15(21)9-18(17)22/h2-10,20-22H,11H2,1H3/b3-2+. The van der Waals surface area contributed by atoms with Crippen LogP contribution in [0, 0.1) is 0 Å². The molecule has 0 fully saturated rings. The first-order valence-corrected chi connectivity index (χ1v) is 7.04. The van der Waals surface area contributed by atoms with Crippen molar-refractivity contribution in [2.75, 3.05) is 4.90 Å². The van der Waals surface area contributed by atoms with E-state index in [0.717, 1.165) is 22.4 Å². The van der Waals surface area contributed by atoms with Gasteiger partial charge in [-0.25, -0.2) is 0 Å². The van der Waals surface area contributed by atoms with Crippen LogP contribution in [0.1, 0.15) is 18.1 Å². The Morgan fingerprint density at radius 3 is 2.41 bits per heavy atom. The second-order valence-electron chi connectivity index (χ2n) is 5.22. The maximum absolute atomic E-state index is 10.2. The number of allylic oxidation sites excluding steroid dienone is 3. The lowest BCUT2D eigenvalue weighted by molar-refractivity contribution is 0.445. The van der Waals surface area contributed by atoms with E-state index in [4.69, 9.17) is 0 Å². The number of fused-ring (bicyclic) bond motifs is 1. The predicted octanol–water partition coefficient (Wildman–Crippen LogP) is 3.74. The summed E-state index contributed by atoms with van der Waals surface area (Å²) in [7, 11) is 0. The zero-order valence-electron chi connectivity index (χ0n) is 12.2. The van der Waals surface area contributed by atoms with Crippen molar-refractivity contribution in [3.63, 3.8) is 0 Å². The first-order chi connectivity index (χ1) is 10.6. The SMILES string of the molecule is C/C=C/C1=CN(c2ccc(O)cc2)Cc2c(O)cc(O)cc21. The van der Waals surface area contributed by atoms with Crippen LogP contribution in [-0.4, -0.2) is 15.3 Å². The Bertz CT molecular complexity index is 761. The molecular formula is C18H17NO3. The largest absolute Gasteiger partial charge is 0.508 e. The van der Waals surface area contributed by atoms with E-state index in [1.807, 2.05) is 42.3 Å². The summed E-state index contributed by atoms with van der Waals surface area (Å²) in [6, 6.07) is 9.92. The number of nitrogens with zero attached hydrogens (tertiary/aromatic N) is 1. The van der Waals surface area contributed by atoms with Crippen molar-refractivity contribution in [3.05, 3.63) is 65.9 Å². The summed E-state index contributed by atoms with van der Waals surface area (Å²) in [6.45, 7) is 2.41. The van der Waals surface area contributed by atoms with Crippen LogP contribution in [0.5, 0.6) is 17.2 Å². The molecule has 22 heavy (non-hydrogen) atoms. The Balaban J connectivity index is 2.10. The lowest BCUT2D eigenvalue weighted by Gasteiger charge is -2.29. The Morgan fingerprint density at radius 2 is 1.73 bits per heavy atom. The Kier molecular flexibility index (Phi) is 3.51. The maximum Gasteiger partial charge on any atom is 0.124 e. The average molecular weight is 295 g/mol. The molecule has 0 amide bonds. The van der Waals surface area contributed by atoms with Crippen LogP contribution in [-0.2, 0) is 6.54 Å². The molecule has 4 heteroatoms. The van der Waals surface area contributed by atoms with Gasteiger partial charge < -0.3 is 20.2 Å². The van der Waals surface area contributed by atoms with Gasteiger partial charge in [-0.15, -0.1) is 0 Å². The second-order valence-corrected chi connectivity index (χ2v) is 5.22. The van der Waals surface area contributed by atoms with Gasteiger partial charge in [0.15, 0.2) is 0 Å². The fraction of sp³-hybridized carbons (Fsp3) is 0.111. The molecule has 0 saturated carbocycles. The molecule has 1 aliphatic rings. The molecule has 0 spiro atoms. The Labute approximate surface area is 128 Å². The zero-order chi connectivity index (χ0) is 15.7. The molecule has 0 saturated heterocycles. The molecule has 112 valence electrons. The van der Waals surface area contributed by atoms with Crippen molar-refractivity contribution in [2.24, 2.45) is 0 Å². The van der Waals surface area contributed by atoms with Gasteiger partial charge in [-0.3, -0.25) is 0 Å². The highest BCUT2D eigenvalue weighted by Gasteiger charge is 2.21. The number of phenols is 3. The normalized spacial score (nSPS) is 14.0. The third-order valence-electron chi connectivity index (χ3n) is 3.67. The summed E-state index contributed by atoms with van der Waals surface area (Å²) in [4.78, 5) is 1.99. The van der Waals surface area contributed by atoms with E-state index in [1.165, 1.54) is 6.07 Å². The molecule has 0 unspecified atom stereocenters. The van der Waals surface area contributed by atoms with E-state index in [1.54, 1.807) is 18.2 Å². The van der Waals surface area contributed by atoms with E-state index in [-0.39, 0.29) is 17.2 Å². The average Bonchev–Trinajstić information content (AvgIpc) is 2.49. The van der Waals surface area contributed by atoms with Crippen LogP contribution in [0.4, 0.5) is 5.69 Å². The van der Waals surface area contributed by atoms with Gasteiger partial charge in [-0.05, 0) is 48.4 Å². The molecule has 2 aromatic rings. The lowest BCUT2D eigenvalue weighted by atomic mass is 9.95. The molecule has 3 rings (SSSR count). The number of anilines is 1. The van der Waals surface area contributed by atoms with Gasteiger partial charge in [0.2, 0.25) is 0 Å². The molecule has 0 bridgehead atoms. The summed E-state index contributed by atoms with van der Waals surface area (Å²) in [5.74, 6) is 0.338. The smallest absolute Gasteiger partial charge is 0.124 e. The molecule has 4 nitrogen and oxygen atoms in total. The van der Waals surface area contributed by atoms with Crippen LogP contribution < -0.4 is 4.90 Å². The van der Waals surface area contributed by atoms with Crippen LogP contribution in [0.25, 0.3) is 5.57 Å². The number of hydrogen-bond donors (Lipinski definition) is 3. The van der Waals surface area contributed by atoms with Crippen LogP contribution in [0.2, 0.25) is 0 Å². The van der Waals surface area contributed by atoms with Gasteiger partial charge >= 0.3 is 0 Å². The highest BCUT2D eigenvalue weighted by atomic mass is 16.3. The van der Waals surface area contributed by atoms with Crippen molar-refractivity contribution in [1.82, 2.24) is 0 Å². The highest BCUT2D eigenvalue weighted by molar-refractivity contribution is 5.82. The summed E-state index contributed by atoms with van der Waals surface area (Å²) >= 11 is 0. The molecule has 0 radical (unpaired) electrons. The monoisotopic (exact) mass is 295 g/mol. The number of hydrogen-bond acceptors (Lipinski definition) is 4. The molecule has 0 atom stereocenters. The maximum atomic E-state index is 10.2. The molecule has 0 aromatic heterocycles. The van der Waals surface area contributed by atoms with E-state index in [2.05, 4.69) is 0 Å². The van der Waals surface area contributed by atoms with Gasteiger partial charge in [-0.1, -0.05) is 12.2 Å². The first-order valence-electron chi connectivity index (χ1n) is 7.04. The zero-order valence-corrected chi connectivity index (χ0v) is 12.2. The minimum atomic E-state index is 0.0461. The number of phenolic OH excluding ortho intramolecular Hbond substituents is 3. The topological polar surface area (TPSA) is 63.9 Å². The van der Waals surface area contributed by atoms with E-state index in [9.17, 15) is 15.3 Å². The summed E-state index contributed by atoms with van der Waals surface area (Å²) in [5.41, 5.74) is 3.41. The summed E-state index contributed by atoms with van der Waals surface area (Å²) < 4.78 is 0. The molecular weight excluding hydrogens is 278 g/mol. The highest BCUT2D eigenvalue weighted by Crippen LogP contribution is 2.38. The van der Waals surface area contributed by atoms with Crippen LogP contribution in [0.15, 0.2) is 54.8 Å². The third kappa shape index (κ3) is 2.51. The van der Waals surface area contributed by atoms with Crippen LogP contribution in [0.3, 0.4) is 0 Å². The van der Waals surface area contributed by atoms with Crippen molar-refractivity contribution in [3.8, 4) is 17.2 Å². The van der Waals surface area contributed by atoms with Gasteiger partial charge in [0.25, 0.3) is 0 Å². The van der Waals surface area contributed by atoms with E-state index >= 15 is 0 Å². The number of benzene rings is 2. The fourth-order valence-corrected chi connectivity index (χ4v) is 2.64. The summed E-state index contributed by atoms with van der Waals surface area (Å²) in [5, 5.41) is 29.3. The van der Waals surface area contributed by atoms with Crippen LogP contribution >= 0.6 is 0 Å². The van der Waals surface area contributed by atoms with Gasteiger partial charge in [0.05, 0.1) is 6.54 Å². The quantitative estimate of drug-likeness (QED) is 0.789. The number of aromatic hydroxyl groups is 3. The Hall–Kier alpha value is -2.88. The van der Waals surface area contributed by atoms with Gasteiger partial charge in [0, 0.05) is 23.5 Å². The summed E-state index contributed by atoms with van der Waals surface area (Å²) in [6.07, 6.45) is 5.81. The van der Waals surface area contributed by atoms with Crippen molar-refractivity contribution >= 4 is 11.3 Å². The Morgan fingerprint density at radius 1 is 1.00 bits per heavy atom. The molecule has 2 aromatic carbocycles. The molecule has 0 aliphatic carbocycles. The van der Waals surface area contributed by atoms with Crippen molar-refractivity contribution < 1.29 is 15.3 Å². The second kappa shape index (κ2) is 5.48. The minimum absolute atomic E-state index is 0.0461. The van der Waals surface area contributed by atoms with E-state index in [0.29, 0.717) is 6.54 Å². The molecule has 1 aliphatic heterocycles. The van der Waals surface area contributed by atoms with E-state index < -0.39 is 0 Å². The fourth-order valence-electron chi connectivity index (χ4n) is 2.64. The van der Waals surface area contributed by atoms with Gasteiger partial charge in [-0.2, -0.15) is 0 Å². The molecule has 3 N–H and O–H groups in total. The minimum Gasteiger partial charge on any atom is -0.508 e. The first kappa shape index (κ1) is 14.1. The third-order valence-corrected chi connectivity index (χ3v) is 3.67. The van der Waals surface area contributed by atoms with Gasteiger partial charge in [0.1, 0.15) is 17.2 Å². The molecule has 1 heterocycles. The number of rotatable bonds is 2. The predicted molar refractivity (Wildman–Crippen MR) is 86.9 cm³/mol. The lowest BCUT2D eigenvalue weighted by Crippen LogP contribution is -2.20.